The van der Waals surface area contributed by atoms with E-state index < -0.39 is 11.9 Å². The van der Waals surface area contributed by atoms with Crippen molar-refractivity contribution in [1.29, 1.82) is 0 Å². The van der Waals surface area contributed by atoms with Crippen molar-refractivity contribution in [2.45, 2.75) is 90.4 Å². The van der Waals surface area contributed by atoms with E-state index >= 15 is 0 Å². The number of ether oxygens (including phenoxy) is 1. The van der Waals surface area contributed by atoms with E-state index in [4.69, 9.17) is 10.2 Å². The zero-order valence-corrected chi connectivity index (χ0v) is 12.5. The van der Waals surface area contributed by atoms with Crippen LogP contribution in [0.5, 0.6) is 0 Å². The summed E-state index contributed by atoms with van der Waals surface area (Å²) in [5.74, 6) is -2.83. The van der Waals surface area contributed by atoms with Crippen LogP contribution in [0, 0.1) is 0 Å². The Labute approximate surface area is 117 Å². The molecule has 0 saturated heterocycles. The third kappa shape index (κ3) is 12.2. The van der Waals surface area contributed by atoms with Crippen LogP contribution in [0.4, 0.5) is 0 Å². The van der Waals surface area contributed by atoms with Crippen LogP contribution in [0.25, 0.3) is 0 Å². The molecule has 0 spiro atoms. The molecule has 4 heteroatoms. The van der Waals surface area contributed by atoms with Gasteiger partial charge in [-0.05, 0) is 6.42 Å². The zero-order valence-electron chi connectivity index (χ0n) is 12.5. The molecular formula is C15H30O4. The van der Waals surface area contributed by atoms with E-state index in [2.05, 4.69) is 11.7 Å². The first kappa shape index (κ1) is 18.4. The predicted octanol–water partition coefficient (Wildman–Crippen LogP) is 3.50. The fourth-order valence-electron chi connectivity index (χ4n) is 1.89. The normalized spacial score (nSPS) is 11.6. The average Bonchev–Trinajstić information content (AvgIpc) is 2.36. The maximum absolute atomic E-state index is 11.3. The van der Waals surface area contributed by atoms with Gasteiger partial charge in [0.1, 0.15) is 0 Å². The summed E-state index contributed by atoms with van der Waals surface area (Å²) in [7, 11) is 0. The highest BCUT2D eigenvalue weighted by Crippen LogP contribution is 2.13. The highest BCUT2D eigenvalue weighted by atomic mass is 16.8. The van der Waals surface area contributed by atoms with Crippen LogP contribution in [0.2, 0.25) is 0 Å². The molecule has 0 aromatic carbocycles. The molecule has 0 fully saturated rings. The number of carbonyl (C=O) groups is 1. The molecule has 0 amide bonds. The summed E-state index contributed by atoms with van der Waals surface area (Å²) < 4.78 is 4.53. The molecule has 0 aliphatic heterocycles. The highest BCUT2D eigenvalue weighted by Gasteiger charge is 2.25. The Balaban J connectivity index is 3.32. The third-order valence-electron chi connectivity index (χ3n) is 3.22. The van der Waals surface area contributed by atoms with Gasteiger partial charge in [-0.3, -0.25) is 4.79 Å². The number of hydrogen-bond donors (Lipinski definition) is 2. The minimum Gasteiger partial charge on any atom is -0.408 e. The van der Waals surface area contributed by atoms with Gasteiger partial charge in [-0.15, -0.1) is 0 Å². The molecule has 0 unspecified atom stereocenters. The molecule has 114 valence electrons. The van der Waals surface area contributed by atoms with Gasteiger partial charge in [0, 0.05) is 12.8 Å². The summed E-state index contributed by atoms with van der Waals surface area (Å²) >= 11 is 0. The second kappa shape index (κ2) is 11.2. The average molecular weight is 274 g/mol. The zero-order chi connectivity index (χ0) is 14.6. The minimum absolute atomic E-state index is 0.0174. The van der Waals surface area contributed by atoms with E-state index in [-0.39, 0.29) is 12.8 Å². The lowest BCUT2D eigenvalue weighted by atomic mass is 10.1. The SMILES string of the molecule is CCCCCCCCCCCC(=O)OC(O)(O)CC. The van der Waals surface area contributed by atoms with Gasteiger partial charge in [-0.1, -0.05) is 65.2 Å². The second-order valence-electron chi connectivity index (χ2n) is 5.15. The van der Waals surface area contributed by atoms with Gasteiger partial charge in [-0.2, -0.15) is 0 Å². The van der Waals surface area contributed by atoms with Crippen LogP contribution in [0.3, 0.4) is 0 Å². The third-order valence-corrected chi connectivity index (χ3v) is 3.22. The van der Waals surface area contributed by atoms with Crippen LogP contribution >= 0.6 is 0 Å². The summed E-state index contributed by atoms with van der Waals surface area (Å²) in [6.45, 7) is 3.76. The van der Waals surface area contributed by atoms with Crippen LogP contribution < -0.4 is 0 Å². The first-order valence-corrected chi connectivity index (χ1v) is 7.68. The second-order valence-corrected chi connectivity index (χ2v) is 5.15. The summed E-state index contributed by atoms with van der Waals surface area (Å²) in [5.41, 5.74) is 0. The van der Waals surface area contributed by atoms with Crippen molar-refractivity contribution in [3.63, 3.8) is 0 Å². The van der Waals surface area contributed by atoms with Gasteiger partial charge in [-0.25, -0.2) is 0 Å². The van der Waals surface area contributed by atoms with Gasteiger partial charge < -0.3 is 14.9 Å². The Morgan fingerprint density at radius 2 is 1.37 bits per heavy atom. The van der Waals surface area contributed by atoms with Crippen LogP contribution in [-0.4, -0.2) is 22.2 Å². The first-order valence-electron chi connectivity index (χ1n) is 7.68. The van der Waals surface area contributed by atoms with Crippen molar-refractivity contribution in [2.75, 3.05) is 0 Å². The molecule has 19 heavy (non-hydrogen) atoms. The molecule has 0 aliphatic rings. The molecular weight excluding hydrogens is 244 g/mol. The number of esters is 1. The van der Waals surface area contributed by atoms with Gasteiger partial charge in [0.05, 0.1) is 0 Å². The minimum atomic E-state index is -2.30. The molecule has 0 aliphatic carbocycles. The van der Waals surface area contributed by atoms with E-state index in [1.54, 1.807) is 6.92 Å². The topological polar surface area (TPSA) is 66.8 Å². The first-order chi connectivity index (χ1) is 9.02. The van der Waals surface area contributed by atoms with Crippen LogP contribution in [-0.2, 0) is 9.53 Å². The lowest BCUT2D eigenvalue weighted by molar-refractivity contribution is -0.319. The van der Waals surface area contributed by atoms with Crippen molar-refractivity contribution in [3.05, 3.63) is 0 Å². The molecule has 0 aromatic rings. The summed E-state index contributed by atoms with van der Waals surface area (Å²) in [6, 6.07) is 0. The lowest BCUT2D eigenvalue weighted by Gasteiger charge is -2.19. The van der Waals surface area contributed by atoms with E-state index in [1.807, 2.05) is 0 Å². The van der Waals surface area contributed by atoms with Gasteiger partial charge in [0.25, 0.3) is 0 Å². The van der Waals surface area contributed by atoms with E-state index in [9.17, 15) is 4.79 Å². The molecule has 0 atom stereocenters. The van der Waals surface area contributed by atoms with Crippen LogP contribution in [0.15, 0.2) is 0 Å². The Hall–Kier alpha value is -0.610. The molecule has 0 rings (SSSR count). The maximum Gasteiger partial charge on any atom is 0.323 e. The summed E-state index contributed by atoms with van der Waals surface area (Å²) in [4.78, 5) is 11.3. The van der Waals surface area contributed by atoms with E-state index in [0.717, 1.165) is 19.3 Å². The number of hydrogen-bond acceptors (Lipinski definition) is 4. The van der Waals surface area contributed by atoms with Crippen LogP contribution in [0.1, 0.15) is 84.5 Å². The maximum atomic E-state index is 11.3. The van der Waals surface area contributed by atoms with Crippen molar-refractivity contribution in [3.8, 4) is 0 Å². The Kier molecular flexibility index (Phi) is 10.9. The van der Waals surface area contributed by atoms with Gasteiger partial charge >= 0.3 is 11.9 Å². The van der Waals surface area contributed by atoms with Crippen molar-refractivity contribution >= 4 is 5.97 Å². The van der Waals surface area contributed by atoms with Crippen molar-refractivity contribution in [2.24, 2.45) is 0 Å². The van der Waals surface area contributed by atoms with E-state index in [1.165, 1.54) is 38.5 Å². The fourth-order valence-corrected chi connectivity index (χ4v) is 1.89. The van der Waals surface area contributed by atoms with Gasteiger partial charge in [0.2, 0.25) is 0 Å². The number of unbranched alkanes of at least 4 members (excludes halogenated alkanes) is 8. The molecule has 4 nitrogen and oxygen atoms in total. The lowest BCUT2D eigenvalue weighted by Crippen LogP contribution is -2.33. The summed E-state index contributed by atoms with van der Waals surface area (Å²) in [6.07, 6.45) is 10.9. The highest BCUT2D eigenvalue weighted by molar-refractivity contribution is 5.69. The summed E-state index contributed by atoms with van der Waals surface area (Å²) in [5, 5.41) is 18.3. The number of carbonyl (C=O) groups excluding carboxylic acids is 1. The molecule has 2 N–H and O–H groups in total. The number of aliphatic hydroxyl groups is 2. The predicted molar refractivity (Wildman–Crippen MR) is 75.4 cm³/mol. The Morgan fingerprint density at radius 3 is 1.84 bits per heavy atom. The Bertz CT molecular complexity index is 226. The largest absolute Gasteiger partial charge is 0.408 e. The number of rotatable bonds is 12. The molecule has 0 radical (unpaired) electrons. The van der Waals surface area contributed by atoms with Crippen molar-refractivity contribution < 1.29 is 19.7 Å². The molecule has 0 saturated carbocycles. The smallest absolute Gasteiger partial charge is 0.323 e. The molecule has 0 heterocycles. The van der Waals surface area contributed by atoms with Crippen molar-refractivity contribution in [1.82, 2.24) is 0 Å². The van der Waals surface area contributed by atoms with Gasteiger partial charge in [0.15, 0.2) is 0 Å². The quantitative estimate of drug-likeness (QED) is 0.325. The Morgan fingerprint density at radius 1 is 0.895 bits per heavy atom. The molecule has 0 bridgehead atoms. The standard InChI is InChI=1S/C15H30O4/c1-3-5-6-7-8-9-10-11-12-13-14(16)19-15(17,18)4-2/h17-18H,3-13H2,1-2H3. The fraction of sp³-hybridized carbons (Fsp3) is 0.933. The molecule has 0 aromatic heterocycles. The monoisotopic (exact) mass is 274 g/mol. The van der Waals surface area contributed by atoms with E-state index in [0.29, 0.717) is 0 Å².